The first-order valence-electron chi connectivity index (χ1n) is 10.2. The first-order chi connectivity index (χ1) is 13.2. The van der Waals surface area contributed by atoms with E-state index in [1.165, 1.54) is 25.7 Å². The second kappa shape index (κ2) is 8.65. The lowest BCUT2D eigenvalue weighted by atomic mass is 9.90. The number of nitrogens with one attached hydrogen (secondary N) is 2. The molecule has 2 saturated carbocycles. The quantitative estimate of drug-likeness (QED) is 0.697. The van der Waals surface area contributed by atoms with Crippen molar-refractivity contribution in [2.24, 2.45) is 5.92 Å². The van der Waals surface area contributed by atoms with Crippen molar-refractivity contribution in [2.75, 3.05) is 11.9 Å². The fraction of sp³-hybridized carbons (Fsp3) is 0.619. The highest BCUT2D eigenvalue weighted by atomic mass is 32.2. The highest BCUT2D eigenvalue weighted by Gasteiger charge is 2.21. The molecule has 2 aliphatic rings. The van der Waals surface area contributed by atoms with E-state index in [0.717, 1.165) is 48.5 Å². The summed E-state index contributed by atoms with van der Waals surface area (Å²) in [6.07, 6.45) is 9.53. The Morgan fingerprint density at radius 2 is 1.93 bits per heavy atom. The number of H-pyrrole nitrogens is 1. The number of aromatic nitrogens is 2. The van der Waals surface area contributed by atoms with Crippen molar-refractivity contribution >= 4 is 28.4 Å². The number of aliphatic hydroxyl groups excluding tert-OH is 1. The Hall–Kier alpha value is -1.53. The van der Waals surface area contributed by atoms with Gasteiger partial charge in [0.05, 0.1) is 16.7 Å². The number of thioether (sulfide) groups is 1. The molecule has 0 radical (unpaired) electrons. The number of benzene rings is 1. The summed E-state index contributed by atoms with van der Waals surface area (Å²) in [5.74, 6) is 1.98. The van der Waals surface area contributed by atoms with E-state index in [-0.39, 0.29) is 5.56 Å². The number of hydrogen-bond acceptors (Lipinski definition) is 5. The van der Waals surface area contributed by atoms with E-state index in [1.807, 2.05) is 30.0 Å². The van der Waals surface area contributed by atoms with Gasteiger partial charge in [-0.15, -0.1) is 0 Å². The van der Waals surface area contributed by atoms with Gasteiger partial charge in [-0.3, -0.25) is 4.79 Å². The zero-order chi connectivity index (χ0) is 18.6. The SMILES string of the molecule is O=c1[nH]c(CSC2CCC(CO)CC2)nc2cc(NC3CCCC3)ccc12. The molecule has 0 unspecified atom stereocenters. The number of rotatable bonds is 6. The summed E-state index contributed by atoms with van der Waals surface area (Å²) < 4.78 is 0. The summed E-state index contributed by atoms with van der Waals surface area (Å²) in [5, 5.41) is 14.1. The second-order valence-electron chi connectivity index (χ2n) is 8.01. The van der Waals surface area contributed by atoms with Crippen molar-refractivity contribution in [3.05, 3.63) is 34.4 Å². The van der Waals surface area contributed by atoms with Gasteiger partial charge in [0, 0.05) is 23.6 Å². The molecule has 0 bridgehead atoms. The fourth-order valence-electron chi connectivity index (χ4n) is 4.33. The normalized spacial score (nSPS) is 23.7. The van der Waals surface area contributed by atoms with Gasteiger partial charge in [0.2, 0.25) is 0 Å². The van der Waals surface area contributed by atoms with Gasteiger partial charge in [0.25, 0.3) is 5.56 Å². The molecule has 1 heterocycles. The first kappa shape index (κ1) is 18.8. The molecule has 2 aliphatic carbocycles. The lowest BCUT2D eigenvalue weighted by Crippen LogP contribution is -2.19. The van der Waals surface area contributed by atoms with Crippen LogP contribution in [0.15, 0.2) is 23.0 Å². The van der Waals surface area contributed by atoms with Crippen molar-refractivity contribution in [3.63, 3.8) is 0 Å². The van der Waals surface area contributed by atoms with E-state index in [9.17, 15) is 9.90 Å². The summed E-state index contributed by atoms with van der Waals surface area (Å²) in [5.41, 5.74) is 1.79. The maximum Gasteiger partial charge on any atom is 0.258 e. The molecule has 2 fully saturated rings. The summed E-state index contributed by atoms with van der Waals surface area (Å²) >= 11 is 1.88. The molecule has 3 N–H and O–H groups in total. The van der Waals surface area contributed by atoms with E-state index in [4.69, 9.17) is 4.98 Å². The minimum atomic E-state index is -0.0491. The molecule has 0 atom stereocenters. The monoisotopic (exact) mass is 387 g/mol. The van der Waals surface area contributed by atoms with Crippen LogP contribution in [0.4, 0.5) is 5.69 Å². The minimum Gasteiger partial charge on any atom is -0.396 e. The molecule has 0 saturated heterocycles. The van der Waals surface area contributed by atoms with Crippen LogP contribution in [0.25, 0.3) is 10.9 Å². The highest BCUT2D eigenvalue weighted by molar-refractivity contribution is 7.99. The lowest BCUT2D eigenvalue weighted by Gasteiger charge is -2.26. The molecule has 0 amide bonds. The smallest absolute Gasteiger partial charge is 0.258 e. The van der Waals surface area contributed by atoms with E-state index in [0.29, 0.717) is 29.2 Å². The van der Waals surface area contributed by atoms with Gasteiger partial charge in [-0.1, -0.05) is 12.8 Å². The predicted molar refractivity (Wildman–Crippen MR) is 112 cm³/mol. The van der Waals surface area contributed by atoms with Crippen LogP contribution in [0.3, 0.4) is 0 Å². The van der Waals surface area contributed by atoms with E-state index < -0.39 is 0 Å². The van der Waals surface area contributed by atoms with Crippen LogP contribution >= 0.6 is 11.8 Å². The van der Waals surface area contributed by atoms with E-state index in [2.05, 4.69) is 10.3 Å². The van der Waals surface area contributed by atoms with Gasteiger partial charge in [0.15, 0.2) is 0 Å². The maximum absolute atomic E-state index is 12.4. The van der Waals surface area contributed by atoms with Crippen molar-refractivity contribution in [3.8, 4) is 0 Å². The van der Waals surface area contributed by atoms with Crippen LogP contribution in [-0.4, -0.2) is 33.0 Å². The molecule has 1 aromatic carbocycles. The lowest BCUT2D eigenvalue weighted by molar-refractivity contribution is 0.192. The molecule has 1 aromatic heterocycles. The molecule has 5 nitrogen and oxygen atoms in total. The zero-order valence-corrected chi connectivity index (χ0v) is 16.6. The average molecular weight is 388 g/mol. The number of aliphatic hydroxyl groups is 1. The van der Waals surface area contributed by atoms with Crippen LogP contribution in [0.5, 0.6) is 0 Å². The van der Waals surface area contributed by atoms with Crippen LogP contribution < -0.4 is 10.9 Å². The Bertz CT molecular complexity index is 824. The predicted octanol–water partition coefficient (Wildman–Crippen LogP) is 4.06. The van der Waals surface area contributed by atoms with Crippen LogP contribution in [0.2, 0.25) is 0 Å². The van der Waals surface area contributed by atoms with Gasteiger partial charge < -0.3 is 15.4 Å². The second-order valence-corrected chi connectivity index (χ2v) is 9.30. The van der Waals surface area contributed by atoms with Gasteiger partial charge in [-0.05, 0) is 62.6 Å². The number of nitrogens with zero attached hydrogens (tertiary/aromatic N) is 1. The molecule has 6 heteroatoms. The van der Waals surface area contributed by atoms with Crippen molar-refractivity contribution in [1.82, 2.24) is 9.97 Å². The summed E-state index contributed by atoms with van der Waals surface area (Å²) in [6, 6.07) is 6.44. The van der Waals surface area contributed by atoms with E-state index in [1.54, 1.807) is 0 Å². The Labute approximate surface area is 164 Å². The Kier molecular flexibility index (Phi) is 6.03. The number of anilines is 1. The molecule has 146 valence electrons. The largest absolute Gasteiger partial charge is 0.396 e. The molecular weight excluding hydrogens is 358 g/mol. The molecule has 2 aromatic rings. The fourth-order valence-corrected chi connectivity index (χ4v) is 5.47. The summed E-state index contributed by atoms with van der Waals surface area (Å²) in [4.78, 5) is 20.1. The van der Waals surface area contributed by atoms with Crippen LogP contribution in [-0.2, 0) is 5.75 Å². The Morgan fingerprint density at radius 1 is 1.15 bits per heavy atom. The Morgan fingerprint density at radius 3 is 2.67 bits per heavy atom. The third-order valence-corrected chi connectivity index (χ3v) is 7.37. The van der Waals surface area contributed by atoms with Gasteiger partial charge in [-0.25, -0.2) is 4.98 Å². The summed E-state index contributed by atoms with van der Waals surface area (Å²) in [6.45, 7) is 0.314. The average Bonchev–Trinajstić information content (AvgIpc) is 3.19. The number of aromatic amines is 1. The highest BCUT2D eigenvalue weighted by Crippen LogP contribution is 2.33. The molecule has 0 aliphatic heterocycles. The molecule has 4 rings (SSSR count). The zero-order valence-electron chi connectivity index (χ0n) is 15.7. The van der Waals surface area contributed by atoms with Crippen molar-refractivity contribution in [2.45, 2.75) is 68.4 Å². The topological polar surface area (TPSA) is 78.0 Å². The molecule has 27 heavy (non-hydrogen) atoms. The van der Waals surface area contributed by atoms with Crippen molar-refractivity contribution in [1.29, 1.82) is 0 Å². The van der Waals surface area contributed by atoms with Gasteiger partial charge >= 0.3 is 0 Å². The Balaban J connectivity index is 1.44. The third-order valence-electron chi connectivity index (χ3n) is 5.99. The number of fused-ring (bicyclic) bond motifs is 1. The van der Waals surface area contributed by atoms with Crippen LogP contribution in [0, 0.1) is 5.92 Å². The first-order valence-corrected chi connectivity index (χ1v) is 11.3. The van der Waals surface area contributed by atoms with E-state index >= 15 is 0 Å². The summed E-state index contributed by atoms with van der Waals surface area (Å²) in [7, 11) is 0. The van der Waals surface area contributed by atoms with Gasteiger partial charge in [0.1, 0.15) is 5.82 Å². The van der Waals surface area contributed by atoms with Crippen LogP contribution in [0.1, 0.15) is 57.2 Å². The maximum atomic E-state index is 12.4. The minimum absolute atomic E-state index is 0.0491. The third kappa shape index (κ3) is 4.66. The molecule has 0 spiro atoms. The standard InChI is InChI=1S/C21H29N3O2S/c25-12-14-5-8-17(9-6-14)27-13-20-23-19-11-16(22-15-3-1-2-4-15)7-10-18(19)21(26)24-20/h7,10-11,14-15,17,22,25H,1-6,8-9,12-13H2,(H,23,24,26). The molecular formula is C21H29N3O2S. The number of hydrogen-bond donors (Lipinski definition) is 3. The van der Waals surface area contributed by atoms with Crippen molar-refractivity contribution < 1.29 is 5.11 Å². The van der Waals surface area contributed by atoms with Gasteiger partial charge in [-0.2, -0.15) is 11.8 Å².